The molecule has 8 heteroatoms. The molecule has 0 atom stereocenters. The van der Waals surface area contributed by atoms with Crippen LogP contribution < -0.4 is 10.6 Å². The first-order valence-corrected chi connectivity index (χ1v) is 7.67. The van der Waals surface area contributed by atoms with E-state index in [0.717, 1.165) is 12.1 Å². The molecule has 2 N–H and O–H groups in total. The van der Waals surface area contributed by atoms with Crippen molar-refractivity contribution < 1.29 is 27.5 Å². The molecule has 0 fully saturated rings. The van der Waals surface area contributed by atoms with Gasteiger partial charge in [-0.3, -0.25) is 9.59 Å². The Balaban J connectivity index is 2.05. The molecule has 0 aromatic heterocycles. The summed E-state index contributed by atoms with van der Waals surface area (Å²) in [6.07, 6.45) is -4.44. The lowest BCUT2D eigenvalue weighted by Gasteiger charge is -2.10. The van der Waals surface area contributed by atoms with Gasteiger partial charge >= 0.3 is 6.18 Å². The highest BCUT2D eigenvalue weighted by molar-refractivity contribution is 6.06. The monoisotopic (exact) mass is 366 g/mol. The average Bonchev–Trinajstić information content (AvgIpc) is 2.61. The van der Waals surface area contributed by atoms with Crippen LogP contribution in [0, 0.1) is 0 Å². The zero-order valence-electron chi connectivity index (χ0n) is 13.9. The number of anilines is 1. The highest BCUT2D eigenvalue weighted by atomic mass is 19.4. The van der Waals surface area contributed by atoms with Gasteiger partial charge in [0.1, 0.15) is 0 Å². The van der Waals surface area contributed by atoms with Crippen LogP contribution in [0.4, 0.5) is 18.9 Å². The van der Waals surface area contributed by atoms with E-state index in [4.69, 9.17) is 4.74 Å². The Morgan fingerprint density at radius 3 is 2.19 bits per heavy atom. The Kier molecular flexibility index (Phi) is 6.35. The van der Waals surface area contributed by atoms with Crippen molar-refractivity contribution in [3.8, 4) is 0 Å². The molecule has 2 rings (SSSR count). The number of halogens is 3. The summed E-state index contributed by atoms with van der Waals surface area (Å²) in [6.45, 7) is 0.692. The first kappa shape index (κ1) is 19.5. The van der Waals surface area contributed by atoms with Crippen LogP contribution in [0.3, 0.4) is 0 Å². The van der Waals surface area contributed by atoms with Gasteiger partial charge in [-0.15, -0.1) is 0 Å². The lowest BCUT2D eigenvalue weighted by atomic mass is 10.1. The van der Waals surface area contributed by atoms with Crippen LogP contribution in [-0.4, -0.2) is 32.1 Å². The molecule has 26 heavy (non-hydrogen) atoms. The summed E-state index contributed by atoms with van der Waals surface area (Å²) in [5.74, 6) is -0.887. The van der Waals surface area contributed by atoms with E-state index >= 15 is 0 Å². The fraction of sp³-hybridized carbons (Fsp3) is 0.222. The van der Waals surface area contributed by atoms with E-state index < -0.39 is 17.6 Å². The van der Waals surface area contributed by atoms with Crippen LogP contribution in [0.5, 0.6) is 0 Å². The minimum Gasteiger partial charge on any atom is -0.383 e. The van der Waals surface area contributed by atoms with Gasteiger partial charge in [-0.25, -0.2) is 0 Å². The summed E-state index contributed by atoms with van der Waals surface area (Å²) >= 11 is 0. The largest absolute Gasteiger partial charge is 0.416 e. The molecule has 0 heterocycles. The lowest BCUT2D eigenvalue weighted by molar-refractivity contribution is -0.137. The molecule has 0 aliphatic heterocycles. The minimum absolute atomic E-state index is 0.212. The number of ether oxygens (including phenoxy) is 1. The zero-order chi connectivity index (χ0) is 19.2. The summed E-state index contributed by atoms with van der Waals surface area (Å²) in [7, 11) is 1.51. The van der Waals surface area contributed by atoms with Crippen molar-refractivity contribution in [3.05, 3.63) is 65.2 Å². The van der Waals surface area contributed by atoms with Crippen LogP contribution in [-0.2, 0) is 10.9 Å². The predicted octanol–water partition coefficient (Wildman–Crippen LogP) is 3.33. The van der Waals surface area contributed by atoms with Crippen molar-refractivity contribution in [2.24, 2.45) is 0 Å². The molecule has 2 amide bonds. The summed E-state index contributed by atoms with van der Waals surface area (Å²) in [5, 5.41) is 5.13. The second-order valence-corrected chi connectivity index (χ2v) is 5.36. The first-order chi connectivity index (χ1) is 12.3. The normalized spacial score (nSPS) is 11.1. The highest BCUT2D eigenvalue weighted by Gasteiger charge is 2.30. The summed E-state index contributed by atoms with van der Waals surface area (Å²) in [6, 6.07) is 10.1. The van der Waals surface area contributed by atoms with Crippen molar-refractivity contribution in [1.82, 2.24) is 5.32 Å². The number of alkyl halides is 3. The number of carbonyl (C=O) groups is 2. The van der Waals surface area contributed by atoms with Gasteiger partial charge in [-0.1, -0.05) is 6.07 Å². The van der Waals surface area contributed by atoms with E-state index in [1.807, 2.05) is 0 Å². The van der Waals surface area contributed by atoms with Crippen molar-refractivity contribution in [2.75, 3.05) is 25.6 Å². The van der Waals surface area contributed by atoms with E-state index in [2.05, 4.69) is 10.6 Å². The van der Waals surface area contributed by atoms with Crippen molar-refractivity contribution in [1.29, 1.82) is 0 Å². The SMILES string of the molecule is COCCNC(=O)c1cccc(C(=O)Nc2ccc(C(F)(F)F)cc2)c1. The van der Waals surface area contributed by atoms with Gasteiger partial charge in [-0.05, 0) is 42.5 Å². The van der Waals surface area contributed by atoms with Gasteiger partial charge in [0.25, 0.3) is 11.8 Å². The third kappa shape index (κ3) is 5.32. The number of rotatable bonds is 6. The fourth-order valence-electron chi connectivity index (χ4n) is 2.12. The molecule has 0 aliphatic rings. The Labute approximate surface area is 148 Å². The Hall–Kier alpha value is -2.87. The standard InChI is InChI=1S/C18H17F3N2O3/c1-26-10-9-22-16(24)12-3-2-4-13(11-12)17(25)23-15-7-5-14(6-8-15)18(19,20)21/h2-8,11H,9-10H2,1H3,(H,22,24)(H,23,25). The van der Waals surface area contributed by atoms with Crippen molar-refractivity contribution in [2.45, 2.75) is 6.18 Å². The van der Waals surface area contributed by atoms with Crippen LogP contribution in [0.15, 0.2) is 48.5 Å². The summed E-state index contributed by atoms with van der Waals surface area (Å²) in [4.78, 5) is 24.2. The number of nitrogens with one attached hydrogen (secondary N) is 2. The van der Waals surface area contributed by atoms with Gasteiger partial charge in [0.2, 0.25) is 0 Å². The molecule has 0 aliphatic carbocycles. The molecule has 5 nitrogen and oxygen atoms in total. The van der Waals surface area contributed by atoms with E-state index in [1.54, 1.807) is 12.1 Å². The number of hydrogen-bond acceptors (Lipinski definition) is 3. The zero-order valence-corrected chi connectivity index (χ0v) is 13.9. The Morgan fingerprint density at radius 2 is 1.62 bits per heavy atom. The molecular formula is C18H17F3N2O3. The number of methoxy groups -OCH3 is 1. The quantitative estimate of drug-likeness (QED) is 0.771. The molecule has 0 bridgehead atoms. The molecule has 2 aromatic rings. The number of amides is 2. The maximum Gasteiger partial charge on any atom is 0.416 e. The molecule has 0 saturated heterocycles. The van der Waals surface area contributed by atoms with Crippen LogP contribution in [0.2, 0.25) is 0 Å². The van der Waals surface area contributed by atoms with Crippen molar-refractivity contribution in [3.63, 3.8) is 0 Å². The van der Waals surface area contributed by atoms with Crippen LogP contribution >= 0.6 is 0 Å². The molecule has 0 saturated carbocycles. The van der Waals surface area contributed by atoms with Crippen LogP contribution in [0.1, 0.15) is 26.3 Å². The first-order valence-electron chi connectivity index (χ1n) is 7.67. The highest BCUT2D eigenvalue weighted by Crippen LogP contribution is 2.29. The fourth-order valence-corrected chi connectivity index (χ4v) is 2.12. The van der Waals surface area contributed by atoms with Gasteiger partial charge in [-0.2, -0.15) is 13.2 Å². The minimum atomic E-state index is -4.44. The van der Waals surface area contributed by atoms with Gasteiger partial charge in [0.15, 0.2) is 0 Å². The van der Waals surface area contributed by atoms with E-state index in [-0.39, 0.29) is 17.2 Å². The van der Waals surface area contributed by atoms with Gasteiger partial charge in [0, 0.05) is 30.5 Å². The van der Waals surface area contributed by atoms with E-state index in [0.29, 0.717) is 18.7 Å². The third-order valence-electron chi connectivity index (χ3n) is 3.45. The Morgan fingerprint density at radius 1 is 1.00 bits per heavy atom. The predicted molar refractivity (Wildman–Crippen MR) is 90.0 cm³/mol. The molecule has 2 aromatic carbocycles. The van der Waals surface area contributed by atoms with E-state index in [1.165, 1.54) is 31.4 Å². The molecule has 138 valence electrons. The number of hydrogen-bond donors (Lipinski definition) is 2. The van der Waals surface area contributed by atoms with Gasteiger partial charge in [0.05, 0.1) is 12.2 Å². The topological polar surface area (TPSA) is 67.4 Å². The molecule has 0 unspecified atom stereocenters. The summed E-state index contributed by atoms with van der Waals surface area (Å²) in [5.41, 5.74) is -0.0753. The smallest absolute Gasteiger partial charge is 0.383 e. The van der Waals surface area contributed by atoms with Crippen LogP contribution in [0.25, 0.3) is 0 Å². The average molecular weight is 366 g/mol. The molecule has 0 radical (unpaired) electrons. The Bertz CT molecular complexity index is 774. The third-order valence-corrected chi connectivity index (χ3v) is 3.45. The van der Waals surface area contributed by atoms with Gasteiger partial charge < -0.3 is 15.4 Å². The molecule has 0 spiro atoms. The maximum absolute atomic E-state index is 12.5. The van der Waals surface area contributed by atoms with Crippen molar-refractivity contribution >= 4 is 17.5 Å². The van der Waals surface area contributed by atoms with E-state index in [9.17, 15) is 22.8 Å². The number of carbonyl (C=O) groups excluding carboxylic acids is 2. The maximum atomic E-state index is 12.5. The number of benzene rings is 2. The lowest BCUT2D eigenvalue weighted by Crippen LogP contribution is -2.27. The summed E-state index contributed by atoms with van der Waals surface area (Å²) < 4.78 is 42.5. The second kappa shape index (κ2) is 8.48. The second-order valence-electron chi connectivity index (χ2n) is 5.36. The molecular weight excluding hydrogens is 349 g/mol.